The van der Waals surface area contributed by atoms with Crippen molar-refractivity contribution in [2.45, 2.75) is 0 Å². The number of hydrogen-bond acceptors (Lipinski definition) is 3. The highest BCUT2D eigenvalue weighted by atomic mass is 16.6. The van der Waals surface area contributed by atoms with Crippen molar-refractivity contribution in [2.75, 3.05) is 13.1 Å². The molecule has 0 bridgehead atoms. The van der Waals surface area contributed by atoms with Crippen LogP contribution in [0.2, 0.25) is 0 Å². The number of nitrogens with zero attached hydrogens (tertiary/aromatic N) is 1. The molecular formula is C26H21NO3. The molecule has 1 aliphatic heterocycles. The molecule has 0 aliphatic carbocycles. The Morgan fingerprint density at radius 1 is 0.700 bits per heavy atom. The van der Waals surface area contributed by atoms with Gasteiger partial charge in [0.25, 0.3) is 0 Å². The van der Waals surface area contributed by atoms with E-state index in [0.717, 1.165) is 11.1 Å². The van der Waals surface area contributed by atoms with Gasteiger partial charge in [0.1, 0.15) is 5.75 Å². The predicted molar refractivity (Wildman–Crippen MR) is 118 cm³/mol. The molecule has 4 rings (SSSR count). The monoisotopic (exact) mass is 395 g/mol. The van der Waals surface area contributed by atoms with E-state index in [0.29, 0.717) is 16.9 Å². The van der Waals surface area contributed by atoms with Gasteiger partial charge in [-0.3, -0.25) is 9.69 Å². The van der Waals surface area contributed by atoms with E-state index in [-0.39, 0.29) is 18.9 Å². The van der Waals surface area contributed by atoms with E-state index in [1.807, 2.05) is 91.0 Å². The number of Topliss-reactive ketones (excluding diaryl/α,β-unsaturated/α-hetero) is 1. The van der Waals surface area contributed by atoms with Crippen LogP contribution in [0.5, 0.6) is 5.75 Å². The molecule has 3 aromatic rings. The molecule has 0 spiro atoms. The van der Waals surface area contributed by atoms with Gasteiger partial charge in [-0.05, 0) is 35.4 Å². The highest BCUT2D eigenvalue weighted by Gasteiger charge is 2.30. The Morgan fingerprint density at radius 3 is 1.60 bits per heavy atom. The molecule has 1 fully saturated rings. The number of rotatable bonds is 3. The van der Waals surface area contributed by atoms with E-state index in [4.69, 9.17) is 4.74 Å². The van der Waals surface area contributed by atoms with Gasteiger partial charge in [0.2, 0.25) is 0 Å². The molecule has 0 atom stereocenters. The summed E-state index contributed by atoms with van der Waals surface area (Å²) in [7, 11) is 0. The number of benzene rings is 3. The first-order valence-corrected chi connectivity index (χ1v) is 9.77. The summed E-state index contributed by atoms with van der Waals surface area (Å²) in [6.45, 7) is 0.400. The molecule has 30 heavy (non-hydrogen) atoms. The van der Waals surface area contributed by atoms with Crippen LogP contribution in [-0.4, -0.2) is 29.9 Å². The lowest BCUT2D eigenvalue weighted by Crippen LogP contribution is -2.43. The Bertz CT molecular complexity index is 1030. The number of ketones is 1. The van der Waals surface area contributed by atoms with Crippen molar-refractivity contribution in [1.29, 1.82) is 0 Å². The molecule has 4 nitrogen and oxygen atoms in total. The topological polar surface area (TPSA) is 46.6 Å². The summed E-state index contributed by atoms with van der Waals surface area (Å²) in [5.74, 6) is 0.424. The fourth-order valence-electron chi connectivity index (χ4n) is 3.32. The number of likely N-dealkylation sites (tertiary alicyclic amines) is 1. The van der Waals surface area contributed by atoms with Gasteiger partial charge in [0.05, 0.1) is 13.1 Å². The van der Waals surface area contributed by atoms with Crippen LogP contribution >= 0.6 is 0 Å². The Kier molecular flexibility index (Phi) is 5.85. The van der Waals surface area contributed by atoms with Crippen LogP contribution in [0.1, 0.15) is 11.1 Å². The molecule has 148 valence electrons. The van der Waals surface area contributed by atoms with Gasteiger partial charge in [0, 0.05) is 11.1 Å². The summed E-state index contributed by atoms with van der Waals surface area (Å²) in [6, 6.07) is 28.2. The standard InChI is InChI=1S/C26H21NO3/c28-25-22(16-20-10-4-1-5-11-20)18-27(26(29)30-24-14-8-3-9-15-24)19-23(25)17-21-12-6-2-7-13-21/h1-17H,18-19H2/b22-16+,23-17+. The van der Waals surface area contributed by atoms with Gasteiger partial charge in [-0.1, -0.05) is 78.9 Å². The number of amides is 1. The Balaban J connectivity index is 1.65. The van der Waals surface area contributed by atoms with Crippen molar-refractivity contribution < 1.29 is 14.3 Å². The maximum absolute atomic E-state index is 13.1. The molecule has 0 radical (unpaired) electrons. The lowest BCUT2D eigenvalue weighted by atomic mass is 9.94. The van der Waals surface area contributed by atoms with E-state index in [9.17, 15) is 9.59 Å². The third-order valence-electron chi connectivity index (χ3n) is 4.79. The van der Waals surface area contributed by atoms with Crippen molar-refractivity contribution in [2.24, 2.45) is 0 Å². The summed E-state index contributed by atoms with van der Waals surface area (Å²) in [6.07, 6.45) is 3.19. The fourth-order valence-corrected chi connectivity index (χ4v) is 3.32. The maximum Gasteiger partial charge on any atom is 0.415 e. The van der Waals surface area contributed by atoms with Crippen LogP contribution in [0.25, 0.3) is 12.2 Å². The minimum absolute atomic E-state index is 0.0496. The smallest absolute Gasteiger partial charge is 0.410 e. The van der Waals surface area contributed by atoms with Gasteiger partial charge in [-0.15, -0.1) is 0 Å². The molecule has 0 aromatic heterocycles. The van der Waals surface area contributed by atoms with Crippen LogP contribution in [0.3, 0.4) is 0 Å². The molecule has 3 aromatic carbocycles. The lowest BCUT2D eigenvalue weighted by molar-refractivity contribution is -0.113. The zero-order valence-corrected chi connectivity index (χ0v) is 16.4. The lowest BCUT2D eigenvalue weighted by Gasteiger charge is -2.29. The van der Waals surface area contributed by atoms with Crippen molar-refractivity contribution in [3.05, 3.63) is 113 Å². The Labute approximate surface area is 175 Å². The first kappa shape index (κ1) is 19.4. The SMILES string of the molecule is O=C1/C(=C/c2ccccc2)CN(C(=O)Oc2ccccc2)C/C1=C\c1ccccc1. The number of ether oxygens (including phenoxy) is 1. The number of piperidine rings is 1. The van der Waals surface area contributed by atoms with Gasteiger partial charge >= 0.3 is 6.09 Å². The molecule has 0 saturated carbocycles. The molecule has 1 heterocycles. The number of carbonyl (C=O) groups excluding carboxylic acids is 2. The van der Waals surface area contributed by atoms with Crippen LogP contribution < -0.4 is 4.74 Å². The van der Waals surface area contributed by atoms with Crippen molar-refractivity contribution >= 4 is 24.0 Å². The maximum atomic E-state index is 13.1. The summed E-state index contributed by atoms with van der Waals surface area (Å²) < 4.78 is 5.51. The molecule has 1 amide bonds. The minimum atomic E-state index is -0.480. The van der Waals surface area contributed by atoms with E-state index >= 15 is 0 Å². The van der Waals surface area contributed by atoms with E-state index in [1.54, 1.807) is 17.0 Å². The number of hydrogen-bond donors (Lipinski definition) is 0. The average molecular weight is 395 g/mol. The molecule has 1 aliphatic rings. The predicted octanol–water partition coefficient (Wildman–Crippen LogP) is 5.24. The normalized spacial score (nSPS) is 16.7. The number of para-hydroxylation sites is 1. The summed E-state index contributed by atoms with van der Waals surface area (Å²) in [5, 5.41) is 0. The summed E-state index contributed by atoms with van der Waals surface area (Å²) >= 11 is 0. The van der Waals surface area contributed by atoms with Crippen LogP contribution in [0.15, 0.2) is 102 Å². The number of carbonyl (C=O) groups is 2. The third kappa shape index (κ3) is 4.73. The van der Waals surface area contributed by atoms with Gasteiger partial charge < -0.3 is 4.74 Å². The van der Waals surface area contributed by atoms with Crippen LogP contribution in [0, 0.1) is 0 Å². The zero-order chi connectivity index (χ0) is 20.8. The molecule has 0 unspecified atom stereocenters. The molecule has 4 heteroatoms. The Morgan fingerprint density at radius 2 is 1.13 bits per heavy atom. The average Bonchev–Trinajstić information content (AvgIpc) is 2.78. The van der Waals surface area contributed by atoms with Crippen LogP contribution in [-0.2, 0) is 4.79 Å². The quantitative estimate of drug-likeness (QED) is 0.570. The van der Waals surface area contributed by atoms with Crippen molar-refractivity contribution in [1.82, 2.24) is 4.90 Å². The van der Waals surface area contributed by atoms with Gasteiger partial charge in [-0.2, -0.15) is 0 Å². The molecular weight excluding hydrogens is 374 g/mol. The van der Waals surface area contributed by atoms with E-state index in [1.165, 1.54) is 0 Å². The minimum Gasteiger partial charge on any atom is -0.410 e. The van der Waals surface area contributed by atoms with Gasteiger partial charge in [0.15, 0.2) is 5.78 Å². The summed E-state index contributed by atoms with van der Waals surface area (Å²) in [4.78, 5) is 27.5. The largest absolute Gasteiger partial charge is 0.415 e. The second-order valence-corrected chi connectivity index (χ2v) is 7.03. The van der Waals surface area contributed by atoms with E-state index in [2.05, 4.69) is 0 Å². The first-order chi connectivity index (χ1) is 14.7. The summed E-state index contributed by atoms with van der Waals surface area (Å²) in [5.41, 5.74) is 2.94. The zero-order valence-electron chi connectivity index (χ0n) is 16.4. The second-order valence-electron chi connectivity index (χ2n) is 7.03. The Hall–Kier alpha value is -3.92. The highest BCUT2D eigenvalue weighted by Crippen LogP contribution is 2.23. The molecule has 0 N–H and O–H groups in total. The van der Waals surface area contributed by atoms with Crippen LogP contribution in [0.4, 0.5) is 4.79 Å². The van der Waals surface area contributed by atoms with Crippen molar-refractivity contribution in [3.8, 4) is 5.75 Å². The highest BCUT2D eigenvalue weighted by molar-refractivity contribution is 6.15. The van der Waals surface area contributed by atoms with Crippen molar-refractivity contribution in [3.63, 3.8) is 0 Å². The van der Waals surface area contributed by atoms with E-state index < -0.39 is 6.09 Å². The second kappa shape index (κ2) is 9.05. The van der Waals surface area contributed by atoms with Gasteiger partial charge in [-0.25, -0.2) is 4.79 Å². The fraction of sp³-hybridized carbons (Fsp3) is 0.0769. The molecule has 1 saturated heterocycles. The third-order valence-corrected chi connectivity index (χ3v) is 4.79. The first-order valence-electron chi connectivity index (χ1n) is 9.77.